The number of carbonyl (C=O) groups is 1. The van der Waals surface area contributed by atoms with E-state index in [1.54, 1.807) is 6.92 Å². The quantitative estimate of drug-likeness (QED) is 0.740. The van der Waals surface area contributed by atoms with E-state index < -0.39 is 23.3 Å². The van der Waals surface area contributed by atoms with Gasteiger partial charge in [-0.3, -0.25) is 18.9 Å². The number of hydrogen-bond donors (Lipinski definition) is 2. The van der Waals surface area contributed by atoms with Crippen molar-refractivity contribution in [2.45, 2.75) is 19.9 Å². The third-order valence-electron chi connectivity index (χ3n) is 2.86. The maximum absolute atomic E-state index is 11.6. The molecular formula is C10H12N4O4. The number of aromatic amines is 1. The number of hydrogen-bond acceptors (Lipinski definition) is 4. The third-order valence-corrected chi connectivity index (χ3v) is 2.86. The molecule has 0 aliphatic heterocycles. The van der Waals surface area contributed by atoms with E-state index >= 15 is 0 Å². The molecule has 0 bridgehead atoms. The topological polar surface area (TPSA) is 110 Å². The Labute approximate surface area is 101 Å². The summed E-state index contributed by atoms with van der Waals surface area (Å²) in [5.74, 6) is -0.697. The predicted molar refractivity (Wildman–Crippen MR) is 62.7 cm³/mol. The lowest BCUT2D eigenvalue weighted by molar-refractivity contribution is -0.140. The normalized spacial score (nSPS) is 12.8. The highest BCUT2D eigenvalue weighted by atomic mass is 16.4. The van der Waals surface area contributed by atoms with E-state index in [1.165, 1.54) is 23.1 Å². The van der Waals surface area contributed by atoms with E-state index in [2.05, 4.69) is 9.97 Å². The van der Waals surface area contributed by atoms with E-state index in [0.29, 0.717) is 5.82 Å². The van der Waals surface area contributed by atoms with E-state index in [1.807, 2.05) is 0 Å². The van der Waals surface area contributed by atoms with E-state index in [4.69, 9.17) is 5.11 Å². The molecule has 1 unspecified atom stereocenters. The molecule has 1 atom stereocenters. The van der Waals surface area contributed by atoms with Crippen LogP contribution in [0.1, 0.15) is 18.8 Å². The number of fused-ring (bicyclic) bond motifs is 1. The van der Waals surface area contributed by atoms with Crippen molar-refractivity contribution in [1.29, 1.82) is 0 Å². The summed E-state index contributed by atoms with van der Waals surface area (Å²) in [6.07, 6.45) is 0. The summed E-state index contributed by atoms with van der Waals surface area (Å²) in [5.41, 5.74) is -0.961. The monoisotopic (exact) mass is 252 g/mol. The van der Waals surface area contributed by atoms with Gasteiger partial charge in [0.1, 0.15) is 11.9 Å². The predicted octanol–water partition coefficient (Wildman–Crippen LogP) is -0.623. The minimum atomic E-state index is -1.06. The second-order valence-electron chi connectivity index (χ2n) is 4.03. The van der Waals surface area contributed by atoms with Crippen molar-refractivity contribution in [1.82, 2.24) is 19.1 Å². The number of aromatic nitrogens is 4. The number of carboxylic acids is 1. The van der Waals surface area contributed by atoms with Gasteiger partial charge in [0.2, 0.25) is 0 Å². The second-order valence-corrected chi connectivity index (χ2v) is 4.03. The minimum Gasteiger partial charge on any atom is -0.480 e. The molecule has 18 heavy (non-hydrogen) atoms. The average Bonchev–Trinajstić information content (AvgIpc) is 2.63. The van der Waals surface area contributed by atoms with E-state index in [0.717, 1.165) is 0 Å². The Kier molecular flexibility index (Phi) is 2.57. The number of carboxylic acid groups (broad SMARTS) is 1. The van der Waals surface area contributed by atoms with Crippen LogP contribution < -0.4 is 11.2 Å². The molecule has 2 N–H and O–H groups in total. The van der Waals surface area contributed by atoms with Gasteiger partial charge in [0, 0.05) is 7.05 Å². The van der Waals surface area contributed by atoms with Crippen molar-refractivity contribution < 1.29 is 9.90 Å². The van der Waals surface area contributed by atoms with Crippen molar-refractivity contribution >= 4 is 17.1 Å². The van der Waals surface area contributed by atoms with E-state index in [9.17, 15) is 14.4 Å². The summed E-state index contributed by atoms with van der Waals surface area (Å²) >= 11 is 0. The Morgan fingerprint density at radius 1 is 1.44 bits per heavy atom. The first kappa shape index (κ1) is 12.1. The third kappa shape index (κ3) is 1.53. The van der Waals surface area contributed by atoms with Gasteiger partial charge in [0.05, 0.1) is 0 Å². The largest absolute Gasteiger partial charge is 0.480 e. The van der Waals surface area contributed by atoms with Gasteiger partial charge >= 0.3 is 11.7 Å². The van der Waals surface area contributed by atoms with Crippen molar-refractivity contribution in [3.8, 4) is 0 Å². The molecule has 2 heterocycles. The molecular weight excluding hydrogens is 240 g/mol. The van der Waals surface area contributed by atoms with Gasteiger partial charge < -0.3 is 5.11 Å². The first-order valence-electron chi connectivity index (χ1n) is 5.25. The summed E-state index contributed by atoms with van der Waals surface area (Å²) in [6, 6.07) is -0.914. The molecule has 0 radical (unpaired) electrons. The zero-order valence-corrected chi connectivity index (χ0v) is 10.1. The van der Waals surface area contributed by atoms with Gasteiger partial charge in [-0.25, -0.2) is 14.6 Å². The van der Waals surface area contributed by atoms with Crippen LogP contribution in [0.2, 0.25) is 0 Å². The highest BCUT2D eigenvalue weighted by molar-refractivity contribution is 5.77. The summed E-state index contributed by atoms with van der Waals surface area (Å²) in [6.45, 7) is 3.05. The Balaban J connectivity index is 2.99. The summed E-state index contributed by atoms with van der Waals surface area (Å²) < 4.78 is 2.53. The minimum absolute atomic E-state index is 0.0581. The molecule has 0 amide bonds. The Morgan fingerprint density at radius 2 is 2.06 bits per heavy atom. The van der Waals surface area contributed by atoms with Crippen LogP contribution in [0.25, 0.3) is 11.2 Å². The molecule has 8 nitrogen and oxygen atoms in total. The highest BCUT2D eigenvalue weighted by Gasteiger charge is 2.22. The zero-order chi connectivity index (χ0) is 13.6. The summed E-state index contributed by atoms with van der Waals surface area (Å²) in [7, 11) is 1.45. The molecule has 0 saturated heterocycles. The number of nitrogens with one attached hydrogen (secondary N) is 1. The SMILES string of the molecule is Cc1nc2c(=O)[nH]c(=O)n(C)c2n1C(C)C(=O)O. The standard InChI is InChI=1S/C10H12N4O4/c1-4(9(16)17)14-5(2)11-6-7(15)12-10(18)13(3)8(6)14/h4H,1-3H3,(H,16,17)(H,12,15,18). The molecule has 2 rings (SSSR count). The molecule has 0 saturated carbocycles. The van der Waals surface area contributed by atoms with Crippen LogP contribution in [0, 0.1) is 6.92 Å². The van der Waals surface area contributed by atoms with Gasteiger partial charge in [-0.2, -0.15) is 0 Å². The fraction of sp³-hybridized carbons (Fsp3) is 0.400. The number of aryl methyl sites for hydroxylation is 2. The van der Waals surface area contributed by atoms with Gasteiger partial charge in [-0.05, 0) is 13.8 Å². The Bertz CT molecular complexity index is 752. The molecule has 0 spiro atoms. The zero-order valence-electron chi connectivity index (χ0n) is 10.1. The molecule has 8 heteroatoms. The number of imidazole rings is 1. The Morgan fingerprint density at radius 3 is 2.61 bits per heavy atom. The number of H-pyrrole nitrogens is 1. The molecule has 0 fully saturated rings. The lowest BCUT2D eigenvalue weighted by Gasteiger charge is -2.12. The van der Waals surface area contributed by atoms with E-state index in [-0.39, 0.29) is 11.2 Å². The van der Waals surface area contributed by atoms with Gasteiger partial charge in [0.25, 0.3) is 5.56 Å². The van der Waals surface area contributed by atoms with Gasteiger partial charge in [-0.15, -0.1) is 0 Å². The first-order valence-corrected chi connectivity index (χ1v) is 5.25. The van der Waals surface area contributed by atoms with Gasteiger partial charge in [-0.1, -0.05) is 0 Å². The van der Waals surface area contributed by atoms with Crippen molar-refractivity contribution in [3.05, 3.63) is 26.7 Å². The summed E-state index contributed by atoms with van der Waals surface area (Å²) in [4.78, 5) is 40.3. The van der Waals surface area contributed by atoms with Crippen molar-refractivity contribution in [3.63, 3.8) is 0 Å². The van der Waals surface area contributed by atoms with Crippen LogP contribution in [-0.2, 0) is 11.8 Å². The molecule has 0 aliphatic rings. The van der Waals surface area contributed by atoms with Crippen LogP contribution in [-0.4, -0.2) is 30.2 Å². The maximum Gasteiger partial charge on any atom is 0.329 e. The Hall–Kier alpha value is -2.38. The van der Waals surface area contributed by atoms with Crippen LogP contribution in [0.15, 0.2) is 9.59 Å². The fourth-order valence-corrected chi connectivity index (χ4v) is 1.92. The summed E-state index contributed by atoms with van der Waals surface area (Å²) in [5, 5.41) is 9.05. The van der Waals surface area contributed by atoms with Crippen LogP contribution in [0.5, 0.6) is 0 Å². The molecule has 0 aliphatic carbocycles. The van der Waals surface area contributed by atoms with Crippen LogP contribution in [0.4, 0.5) is 0 Å². The molecule has 96 valence electrons. The molecule has 2 aromatic heterocycles. The molecule has 2 aromatic rings. The first-order chi connectivity index (χ1) is 8.34. The molecule has 0 aromatic carbocycles. The lowest BCUT2D eigenvalue weighted by atomic mass is 10.3. The van der Waals surface area contributed by atoms with Crippen molar-refractivity contribution in [2.24, 2.45) is 7.05 Å². The average molecular weight is 252 g/mol. The highest BCUT2D eigenvalue weighted by Crippen LogP contribution is 2.17. The number of nitrogens with zero attached hydrogens (tertiary/aromatic N) is 3. The maximum atomic E-state index is 11.6. The smallest absolute Gasteiger partial charge is 0.329 e. The lowest BCUT2D eigenvalue weighted by Crippen LogP contribution is -2.30. The number of rotatable bonds is 2. The van der Waals surface area contributed by atoms with Crippen LogP contribution >= 0.6 is 0 Å². The fourth-order valence-electron chi connectivity index (χ4n) is 1.92. The second kappa shape index (κ2) is 3.83. The van der Waals surface area contributed by atoms with Crippen LogP contribution in [0.3, 0.4) is 0 Å². The number of aliphatic carboxylic acids is 1. The van der Waals surface area contributed by atoms with Crippen molar-refractivity contribution in [2.75, 3.05) is 0 Å². The van der Waals surface area contributed by atoms with Gasteiger partial charge in [0.15, 0.2) is 11.2 Å².